The summed E-state index contributed by atoms with van der Waals surface area (Å²) in [6, 6.07) is 0. The van der Waals surface area contributed by atoms with Crippen LogP contribution in [0.3, 0.4) is 0 Å². The third kappa shape index (κ3) is 66.5. The van der Waals surface area contributed by atoms with E-state index in [1.807, 2.05) is 0 Å². The highest BCUT2D eigenvalue weighted by Crippen LogP contribution is 2.45. The number of unbranched alkanes of at least 4 members (excludes halogenated alkanes) is 44. The average molecular weight is 1340 g/mol. The fraction of sp³-hybridized carbons (Fsp3) is 0.944. The minimum atomic E-state index is -4.95. The summed E-state index contributed by atoms with van der Waals surface area (Å²) in [5.41, 5.74) is 0. The van der Waals surface area contributed by atoms with Crippen LogP contribution in [0, 0.1) is 5.92 Å². The Labute approximate surface area is 556 Å². The van der Waals surface area contributed by atoms with Crippen LogP contribution >= 0.6 is 15.6 Å². The van der Waals surface area contributed by atoms with Crippen molar-refractivity contribution in [3.05, 3.63) is 0 Å². The van der Waals surface area contributed by atoms with Gasteiger partial charge in [0, 0.05) is 25.7 Å². The van der Waals surface area contributed by atoms with Crippen LogP contribution < -0.4 is 0 Å². The molecule has 0 saturated heterocycles. The molecule has 0 aromatic carbocycles. The maximum Gasteiger partial charge on any atom is 0.472 e. The van der Waals surface area contributed by atoms with Gasteiger partial charge in [0.25, 0.3) is 0 Å². The molecular weight excluding hydrogens is 1200 g/mol. The number of phosphoric ester groups is 2. The van der Waals surface area contributed by atoms with Gasteiger partial charge in [0.1, 0.15) is 19.3 Å². The standard InChI is InChI=1S/C72H140O17P2/c1-6-9-12-15-18-20-22-24-26-27-28-29-31-33-37-42-47-52-57-71(76)89-68(62-83-70(75)56-51-46-41-36-32-30-25-23-21-19-16-13-10-7-2)64-87-91(80,81)85-60-66(73)59-84-90(78,79)86-63-67(61-82-69(74)55-50-45-39-17-14-11-8-3)88-72(77)58-53-48-43-38-34-35-40-44-49-54-65(4)5/h65-68,73H,6-64H2,1-5H3,(H,78,79)(H,80,81)/t66-,67+,68+/m0/s1. The molecule has 0 aromatic rings. The maximum atomic E-state index is 13.0. The molecule has 91 heavy (non-hydrogen) atoms. The number of hydrogen-bond acceptors (Lipinski definition) is 15. The van der Waals surface area contributed by atoms with E-state index in [0.29, 0.717) is 25.7 Å². The van der Waals surface area contributed by atoms with Crippen LogP contribution in [0.1, 0.15) is 375 Å². The molecule has 0 aliphatic rings. The molecular formula is C72H140O17P2. The Bertz CT molecular complexity index is 1750. The molecule has 17 nitrogen and oxygen atoms in total. The van der Waals surface area contributed by atoms with E-state index in [2.05, 4.69) is 34.6 Å². The lowest BCUT2D eigenvalue weighted by Gasteiger charge is -2.21. The average Bonchev–Trinajstić information content (AvgIpc) is 2.77. The second kappa shape index (κ2) is 65.4. The van der Waals surface area contributed by atoms with E-state index in [0.717, 1.165) is 109 Å². The molecule has 0 bridgehead atoms. The maximum absolute atomic E-state index is 13.0. The molecule has 0 aliphatic heterocycles. The SMILES string of the molecule is CCCCCCCCCCCCCCCCCCCCC(=O)O[C@H](COC(=O)CCCCCCCCCCCCCCCC)COP(=O)(O)OC[C@@H](O)COP(=O)(O)OC[C@@H](COC(=O)CCCCCCCCC)OC(=O)CCCCCCCCCCCC(C)C. The molecule has 0 rings (SSSR count). The Morgan fingerprint density at radius 1 is 0.297 bits per heavy atom. The molecule has 3 N–H and O–H groups in total. The van der Waals surface area contributed by atoms with E-state index in [-0.39, 0.29) is 25.7 Å². The molecule has 0 aliphatic carbocycles. The lowest BCUT2D eigenvalue weighted by molar-refractivity contribution is -0.161. The fourth-order valence-electron chi connectivity index (χ4n) is 11.0. The highest BCUT2D eigenvalue weighted by atomic mass is 31.2. The van der Waals surface area contributed by atoms with Gasteiger partial charge in [-0.15, -0.1) is 0 Å². The molecule has 19 heteroatoms. The Balaban J connectivity index is 5.19. The molecule has 0 spiro atoms. The molecule has 5 atom stereocenters. The molecule has 0 radical (unpaired) electrons. The predicted molar refractivity (Wildman–Crippen MR) is 368 cm³/mol. The summed E-state index contributed by atoms with van der Waals surface area (Å²) in [4.78, 5) is 72.5. The van der Waals surface area contributed by atoms with E-state index >= 15 is 0 Å². The number of ether oxygens (including phenoxy) is 4. The Morgan fingerprint density at radius 2 is 0.505 bits per heavy atom. The lowest BCUT2D eigenvalue weighted by Crippen LogP contribution is -2.30. The summed E-state index contributed by atoms with van der Waals surface area (Å²) >= 11 is 0. The largest absolute Gasteiger partial charge is 0.472 e. The van der Waals surface area contributed by atoms with Crippen molar-refractivity contribution in [3.63, 3.8) is 0 Å². The first-order chi connectivity index (χ1) is 44.0. The van der Waals surface area contributed by atoms with Gasteiger partial charge < -0.3 is 33.8 Å². The minimum Gasteiger partial charge on any atom is -0.462 e. The topological polar surface area (TPSA) is 237 Å². The number of aliphatic hydroxyl groups is 1. The van der Waals surface area contributed by atoms with Gasteiger partial charge in [0.05, 0.1) is 26.4 Å². The first kappa shape index (κ1) is 89.1. The summed E-state index contributed by atoms with van der Waals surface area (Å²) in [6.45, 7) is 7.20. The molecule has 0 fully saturated rings. The number of phosphoric acid groups is 2. The van der Waals surface area contributed by atoms with Crippen LogP contribution in [-0.2, 0) is 65.4 Å². The number of aliphatic hydroxyl groups excluding tert-OH is 1. The highest BCUT2D eigenvalue weighted by Gasteiger charge is 2.30. The summed E-state index contributed by atoms with van der Waals surface area (Å²) < 4.78 is 68.3. The van der Waals surface area contributed by atoms with Crippen molar-refractivity contribution in [2.45, 2.75) is 393 Å². The Kier molecular flexibility index (Phi) is 64.0. The van der Waals surface area contributed by atoms with Gasteiger partial charge in [0.2, 0.25) is 0 Å². The molecule has 0 heterocycles. The van der Waals surface area contributed by atoms with Gasteiger partial charge in [-0.2, -0.15) is 0 Å². The van der Waals surface area contributed by atoms with E-state index < -0.39 is 97.5 Å². The smallest absolute Gasteiger partial charge is 0.462 e. The zero-order valence-corrected chi connectivity index (χ0v) is 60.8. The zero-order chi connectivity index (χ0) is 67.0. The van der Waals surface area contributed by atoms with Crippen LogP contribution in [0.2, 0.25) is 0 Å². The summed E-state index contributed by atoms with van der Waals surface area (Å²) in [7, 11) is -9.90. The highest BCUT2D eigenvalue weighted by molar-refractivity contribution is 7.47. The number of carbonyl (C=O) groups is 4. The third-order valence-electron chi connectivity index (χ3n) is 16.8. The quantitative estimate of drug-likeness (QED) is 0.0222. The molecule has 0 aromatic heterocycles. The van der Waals surface area contributed by atoms with E-state index in [9.17, 15) is 43.2 Å². The molecule has 2 unspecified atom stereocenters. The minimum absolute atomic E-state index is 0.105. The summed E-state index contributed by atoms with van der Waals surface area (Å²) in [5.74, 6) is -1.39. The molecule has 0 amide bonds. The van der Waals surface area contributed by atoms with Gasteiger partial charge in [-0.05, 0) is 31.6 Å². The fourth-order valence-corrected chi connectivity index (χ4v) is 12.6. The molecule has 0 saturated carbocycles. The summed E-state index contributed by atoms with van der Waals surface area (Å²) in [5, 5.41) is 10.6. The van der Waals surface area contributed by atoms with Crippen molar-refractivity contribution in [1.82, 2.24) is 0 Å². The lowest BCUT2D eigenvalue weighted by atomic mass is 10.0. The van der Waals surface area contributed by atoms with Crippen LogP contribution in [-0.4, -0.2) is 96.7 Å². The number of esters is 4. The predicted octanol–water partition coefficient (Wildman–Crippen LogP) is 20.9. The van der Waals surface area contributed by atoms with Crippen molar-refractivity contribution >= 4 is 39.5 Å². The van der Waals surface area contributed by atoms with Crippen LogP contribution in [0.4, 0.5) is 0 Å². The van der Waals surface area contributed by atoms with Crippen molar-refractivity contribution < 1.29 is 80.2 Å². The first-order valence-electron chi connectivity index (χ1n) is 37.6. The second-order valence-corrected chi connectivity index (χ2v) is 29.4. The normalized spacial score (nSPS) is 14.0. The van der Waals surface area contributed by atoms with Crippen LogP contribution in [0.15, 0.2) is 0 Å². The monoisotopic (exact) mass is 1340 g/mol. The number of rotatable bonds is 72. The molecule has 540 valence electrons. The number of hydrogen-bond donors (Lipinski definition) is 3. The number of carbonyl (C=O) groups excluding carboxylic acids is 4. The van der Waals surface area contributed by atoms with Gasteiger partial charge in [-0.25, -0.2) is 9.13 Å². The summed E-state index contributed by atoms with van der Waals surface area (Å²) in [6.07, 6.45) is 52.9. The van der Waals surface area contributed by atoms with Crippen molar-refractivity contribution in [2.24, 2.45) is 5.92 Å². The third-order valence-corrected chi connectivity index (χ3v) is 18.7. The van der Waals surface area contributed by atoms with Gasteiger partial charge in [-0.1, -0.05) is 324 Å². The second-order valence-electron chi connectivity index (χ2n) is 26.5. The van der Waals surface area contributed by atoms with Crippen molar-refractivity contribution in [2.75, 3.05) is 39.6 Å². The van der Waals surface area contributed by atoms with Gasteiger partial charge in [-0.3, -0.25) is 37.3 Å². The van der Waals surface area contributed by atoms with Crippen molar-refractivity contribution in [3.8, 4) is 0 Å². The van der Waals surface area contributed by atoms with E-state index in [1.165, 1.54) is 186 Å². The van der Waals surface area contributed by atoms with Gasteiger partial charge >= 0.3 is 39.5 Å². The van der Waals surface area contributed by atoms with Gasteiger partial charge in [0.15, 0.2) is 12.2 Å². The zero-order valence-electron chi connectivity index (χ0n) is 59.0. The first-order valence-corrected chi connectivity index (χ1v) is 40.6. The Hall–Kier alpha value is -1.94. The Morgan fingerprint density at radius 3 is 0.747 bits per heavy atom. The van der Waals surface area contributed by atoms with Crippen LogP contribution in [0.5, 0.6) is 0 Å². The van der Waals surface area contributed by atoms with Crippen molar-refractivity contribution in [1.29, 1.82) is 0 Å². The van der Waals surface area contributed by atoms with E-state index in [4.69, 9.17) is 37.0 Å². The van der Waals surface area contributed by atoms with E-state index in [1.54, 1.807) is 0 Å². The van der Waals surface area contributed by atoms with Crippen LogP contribution in [0.25, 0.3) is 0 Å².